The summed E-state index contributed by atoms with van der Waals surface area (Å²) in [5.41, 5.74) is 1.06. The SMILES string of the molecule is O=C(c1ccc(F)c(Cl)c1)N1CCc2sc(-c3noc(C(F)(F)F)n3)cc2C1. The van der Waals surface area contributed by atoms with Crippen molar-refractivity contribution in [3.8, 4) is 10.7 Å². The second-order valence-electron chi connectivity index (χ2n) is 6.09. The predicted molar refractivity (Wildman–Crippen MR) is 92.5 cm³/mol. The van der Waals surface area contributed by atoms with Crippen molar-refractivity contribution < 1.29 is 26.9 Å². The van der Waals surface area contributed by atoms with Crippen LogP contribution in [0, 0.1) is 5.82 Å². The first-order valence-electron chi connectivity index (χ1n) is 7.99. The molecule has 0 atom stereocenters. The summed E-state index contributed by atoms with van der Waals surface area (Å²) in [6.45, 7) is 0.685. The van der Waals surface area contributed by atoms with Gasteiger partial charge in [-0.2, -0.15) is 18.2 Å². The highest BCUT2D eigenvalue weighted by Gasteiger charge is 2.38. The van der Waals surface area contributed by atoms with Gasteiger partial charge in [0.15, 0.2) is 0 Å². The number of thiophene rings is 1. The molecule has 0 unspecified atom stereocenters. The average molecular weight is 432 g/mol. The summed E-state index contributed by atoms with van der Waals surface area (Å²) in [5.74, 6) is -2.46. The normalized spacial score (nSPS) is 14.2. The van der Waals surface area contributed by atoms with E-state index < -0.39 is 17.9 Å². The zero-order chi connectivity index (χ0) is 20.1. The standard InChI is InChI=1S/C17H10ClF4N3O2S/c18-10-5-8(1-2-11(10)19)15(26)25-4-3-12-9(7-25)6-13(28-12)14-23-16(27-24-14)17(20,21)22/h1-2,5-6H,3-4,7H2. The minimum Gasteiger partial charge on any atom is -0.334 e. The molecule has 3 aromatic rings. The lowest BCUT2D eigenvalue weighted by molar-refractivity contribution is -0.159. The molecule has 5 nitrogen and oxygen atoms in total. The number of hydrogen-bond donors (Lipinski definition) is 0. The van der Waals surface area contributed by atoms with E-state index in [1.807, 2.05) is 0 Å². The number of hydrogen-bond acceptors (Lipinski definition) is 5. The van der Waals surface area contributed by atoms with Gasteiger partial charge in [0.05, 0.1) is 9.90 Å². The number of carbonyl (C=O) groups is 1. The average Bonchev–Trinajstić information content (AvgIpc) is 3.29. The van der Waals surface area contributed by atoms with Gasteiger partial charge in [-0.1, -0.05) is 16.8 Å². The van der Waals surface area contributed by atoms with Crippen molar-refractivity contribution in [2.75, 3.05) is 6.54 Å². The highest BCUT2D eigenvalue weighted by molar-refractivity contribution is 7.15. The number of nitrogens with zero attached hydrogens (tertiary/aromatic N) is 3. The van der Waals surface area contributed by atoms with Crippen LogP contribution in [0.5, 0.6) is 0 Å². The van der Waals surface area contributed by atoms with Crippen LogP contribution in [0.2, 0.25) is 5.02 Å². The van der Waals surface area contributed by atoms with E-state index in [4.69, 9.17) is 11.6 Å². The molecule has 0 N–H and O–H groups in total. The van der Waals surface area contributed by atoms with E-state index >= 15 is 0 Å². The fourth-order valence-electron chi connectivity index (χ4n) is 2.87. The van der Waals surface area contributed by atoms with Crippen LogP contribution in [0.3, 0.4) is 0 Å². The first-order valence-corrected chi connectivity index (χ1v) is 9.19. The fourth-order valence-corrected chi connectivity index (χ4v) is 4.14. The van der Waals surface area contributed by atoms with Crippen LogP contribution < -0.4 is 0 Å². The largest absolute Gasteiger partial charge is 0.471 e. The lowest BCUT2D eigenvalue weighted by Gasteiger charge is -2.27. The Bertz CT molecular complexity index is 1060. The van der Waals surface area contributed by atoms with Gasteiger partial charge in [-0.05, 0) is 36.2 Å². The molecule has 0 spiro atoms. The Morgan fingerprint density at radius 3 is 2.75 bits per heavy atom. The first-order chi connectivity index (χ1) is 13.2. The summed E-state index contributed by atoms with van der Waals surface area (Å²) in [6, 6.07) is 5.41. The molecular formula is C17H10ClF4N3O2S. The smallest absolute Gasteiger partial charge is 0.334 e. The number of rotatable bonds is 2. The van der Waals surface area contributed by atoms with Gasteiger partial charge < -0.3 is 9.42 Å². The number of carbonyl (C=O) groups excluding carboxylic acids is 1. The molecule has 1 aliphatic heterocycles. The lowest BCUT2D eigenvalue weighted by Crippen LogP contribution is -2.35. The molecule has 1 aromatic carbocycles. The molecule has 3 heterocycles. The zero-order valence-corrected chi connectivity index (χ0v) is 15.5. The molecule has 0 radical (unpaired) electrons. The molecule has 0 aliphatic carbocycles. The number of amides is 1. The third-order valence-electron chi connectivity index (χ3n) is 4.21. The van der Waals surface area contributed by atoms with Crippen LogP contribution in [0.4, 0.5) is 17.6 Å². The molecule has 0 saturated heterocycles. The van der Waals surface area contributed by atoms with E-state index in [0.29, 0.717) is 17.8 Å². The van der Waals surface area contributed by atoms with Crippen molar-refractivity contribution in [1.29, 1.82) is 0 Å². The second kappa shape index (κ2) is 6.85. The van der Waals surface area contributed by atoms with Crippen LogP contribution in [-0.2, 0) is 19.1 Å². The molecule has 0 saturated carbocycles. The Kier molecular flexibility index (Phi) is 4.62. The molecule has 2 aromatic heterocycles. The Morgan fingerprint density at radius 2 is 2.07 bits per heavy atom. The highest BCUT2D eigenvalue weighted by Crippen LogP contribution is 2.36. The summed E-state index contributed by atoms with van der Waals surface area (Å²) in [6.07, 6.45) is -4.17. The first kappa shape index (κ1) is 18.9. The van der Waals surface area contributed by atoms with Crippen molar-refractivity contribution in [1.82, 2.24) is 15.0 Å². The lowest BCUT2D eigenvalue weighted by atomic mass is 10.1. The summed E-state index contributed by atoms with van der Waals surface area (Å²) in [4.78, 5) is 19.0. The Morgan fingerprint density at radius 1 is 1.29 bits per heavy atom. The van der Waals surface area contributed by atoms with E-state index in [-0.39, 0.29) is 28.9 Å². The van der Waals surface area contributed by atoms with E-state index in [1.165, 1.54) is 23.5 Å². The Labute approximate surface area is 164 Å². The molecule has 1 aliphatic rings. The van der Waals surface area contributed by atoms with Crippen molar-refractivity contribution in [3.63, 3.8) is 0 Å². The number of alkyl halides is 3. The van der Waals surface area contributed by atoms with Gasteiger partial charge >= 0.3 is 12.1 Å². The van der Waals surface area contributed by atoms with Gasteiger partial charge in [-0.3, -0.25) is 4.79 Å². The topological polar surface area (TPSA) is 59.2 Å². The Balaban J connectivity index is 1.55. The maximum absolute atomic E-state index is 13.3. The van der Waals surface area contributed by atoms with E-state index in [2.05, 4.69) is 14.7 Å². The number of benzene rings is 1. The minimum absolute atomic E-state index is 0.140. The molecule has 4 rings (SSSR count). The van der Waals surface area contributed by atoms with Crippen molar-refractivity contribution in [2.24, 2.45) is 0 Å². The van der Waals surface area contributed by atoms with Gasteiger partial charge in [0.1, 0.15) is 5.82 Å². The molecule has 1 amide bonds. The van der Waals surface area contributed by atoms with E-state index in [9.17, 15) is 22.4 Å². The third kappa shape index (κ3) is 3.49. The maximum Gasteiger partial charge on any atom is 0.471 e. The van der Waals surface area contributed by atoms with E-state index in [0.717, 1.165) is 16.5 Å². The maximum atomic E-state index is 13.3. The quantitative estimate of drug-likeness (QED) is 0.546. The molecular weight excluding hydrogens is 422 g/mol. The Hall–Kier alpha value is -2.46. The number of aromatic nitrogens is 2. The number of fused-ring (bicyclic) bond motifs is 1. The van der Waals surface area contributed by atoms with E-state index in [1.54, 1.807) is 11.0 Å². The monoisotopic (exact) mass is 431 g/mol. The van der Waals surface area contributed by atoms with Crippen molar-refractivity contribution in [2.45, 2.75) is 19.1 Å². The van der Waals surface area contributed by atoms with Crippen molar-refractivity contribution in [3.05, 3.63) is 57.0 Å². The van der Waals surface area contributed by atoms with Crippen molar-refractivity contribution >= 4 is 28.8 Å². The van der Waals surface area contributed by atoms with Gasteiger partial charge in [0.2, 0.25) is 5.82 Å². The van der Waals surface area contributed by atoms with Gasteiger partial charge in [-0.15, -0.1) is 11.3 Å². The summed E-state index contributed by atoms with van der Waals surface area (Å²) < 4.78 is 55.4. The summed E-state index contributed by atoms with van der Waals surface area (Å²) in [7, 11) is 0. The van der Waals surface area contributed by atoms with Crippen LogP contribution in [0.1, 0.15) is 26.7 Å². The van der Waals surface area contributed by atoms with Gasteiger partial charge in [0.25, 0.3) is 5.91 Å². The minimum atomic E-state index is -4.71. The van der Waals surface area contributed by atoms with Crippen LogP contribution in [0.25, 0.3) is 10.7 Å². The zero-order valence-electron chi connectivity index (χ0n) is 13.9. The van der Waals surface area contributed by atoms with Gasteiger partial charge in [-0.25, -0.2) is 4.39 Å². The van der Waals surface area contributed by atoms with Gasteiger partial charge in [0, 0.05) is 23.5 Å². The fraction of sp³-hybridized carbons (Fsp3) is 0.235. The molecule has 146 valence electrons. The summed E-state index contributed by atoms with van der Waals surface area (Å²) >= 11 is 7.00. The second-order valence-corrected chi connectivity index (χ2v) is 7.63. The number of halogens is 5. The molecule has 28 heavy (non-hydrogen) atoms. The van der Waals surface area contributed by atoms with Crippen LogP contribution >= 0.6 is 22.9 Å². The van der Waals surface area contributed by atoms with Crippen LogP contribution in [0.15, 0.2) is 28.8 Å². The molecule has 0 fully saturated rings. The summed E-state index contributed by atoms with van der Waals surface area (Å²) in [5, 5.41) is 3.25. The molecule has 11 heteroatoms. The third-order valence-corrected chi connectivity index (χ3v) is 5.73. The molecule has 0 bridgehead atoms. The van der Waals surface area contributed by atoms with Crippen LogP contribution in [-0.4, -0.2) is 27.5 Å². The highest BCUT2D eigenvalue weighted by atomic mass is 35.5. The predicted octanol–water partition coefficient (Wildman–Crippen LogP) is 4.81.